The van der Waals surface area contributed by atoms with Gasteiger partial charge in [0.05, 0.1) is 11.1 Å². The van der Waals surface area contributed by atoms with E-state index in [4.69, 9.17) is 0 Å². The summed E-state index contributed by atoms with van der Waals surface area (Å²) in [5, 5.41) is 3.86. The molecule has 0 aliphatic heterocycles. The molecule has 104 valence electrons. The van der Waals surface area contributed by atoms with Crippen molar-refractivity contribution < 1.29 is 4.79 Å². The first kappa shape index (κ1) is 13.3. The number of amides is 1. The van der Waals surface area contributed by atoms with E-state index in [1.165, 1.54) is 0 Å². The second-order valence-corrected chi connectivity index (χ2v) is 5.08. The van der Waals surface area contributed by atoms with E-state index in [0.29, 0.717) is 5.56 Å². The Balaban J connectivity index is 2.00. The van der Waals surface area contributed by atoms with Crippen LogP contribution in [0.2, 0.25) is 0 Å². The zero-order valence-corrected chi connectivity index (χ0v) is 12.1. The second kappa shape index (κ2) is 5.37. The van der Waals surface area contributed by atoms with Gasteiger partial charge in [0.1, 0.15) is 0 Å². The van der Waals surface area contributed by atoms with Crippen LogP contribution in [-0.4, -0.2) is 10.9 Å². The van der Waals surface area contributed by atoms with Gasteiger partial charge in [0.25, 0.3) is 5.91 Å². The van der Waals surface area contributed by atoms with Crippen LogP contribution < -0.4 is 5.32 Å². The maximum absolute atomic E-state index is 12.6. The van der Waals surface area contributed by atoms with Gasteiger partial charge in [-0.05, 0) is 43.2 Å². The van der Waals surface area contributed by atoms with Crippen LogP contribution in [0.3, 0.4) is 0 Å². The molecule has 0 bridgehead atoms. The molecule has 1 amide bonds. The minimum absolute atomic E-state index is 0.109. The minimum atomic E-state index is -0.109. The summed E-state index contributed by atoms with van der Waals surface area (Å²) in [5.74, 6) is -0.109. The molecule has 3 nitrogen and oxygen atoms in total. The van der Waals surface area contributed by atoms with Gasteiger partial charge in [0, 0.05) is 17.3 Å². The summed E-state index contributed by atoms with van der Waals surface area (Å²) in [7, 11) is 0. The topological polar surface area (TPSA) is 42.0 Å². The predicted molar refractivity (Wildman–Crippen MR) is 85.6 cm³/mol. The summed E-state index contributed by atoms with van der Waals surface area (Å²) in [4.78, 5) is 16.8. The lowest BCUT2D eigenvalue weighted by Gasteiger charge is -2.11. The zero-order valence-electron chi connectivity index (χ0n) is 12.1. The molecule has 1 aromatic heterocycles. The Labute approximate surface area is 123 Å². The van der Waals surface area contributed by atoms with Gasteiger partial charge in [0.2, 0.25) is 0 Å². The van der Waals surface area contributed by atoms with Crippen molar-refractivity contribution in [1.29, 1.82) is 0 Å². The molecule has 1 heterocycles. The van der Waals surface area contributed by atoms with E-state index >= 15 is 0 Å². The third-order valence-corrected chi connectivity index (χ3v) is 3.75. The molecule has 0 aliphatic rings. The van der Waals surface area contributed by atoms with Crippen LogP contribution >= 0.6 is 0 Å². The van der Waals surface area contributed by atoms with Crippen molar-refractivity contribution in [2.45, 2.75) is 13.8 Å². The van der Waals surface area contributed by atoms with E-state index in [-0.39, 0.29) is 5.91 Å². The molecule has 3 aromatic rings. The maximum atomic E-state index is 12.6. The number of anilines is 1. The molecule has 21 heavy (non-hydrogen) atoms. The Morgan fingerprint density at radius 3 is 2.67 bits per heavy atom. The molecule has 0 unspecified atom stereocenters. The Bertz CT molecular complexity index is 819. The van der Waals surface area contributed by atoms with Crippen LogP contribution in [0.4, 0.5) is 5.69 Å². The molecule has 0 saturated heterocycles. The van der Waals surface area contributed by atoms with Gasteiger partial charge in [-0.25, -0.2) is 0 Å². The SMILES string of the molecule is Cc1cccc(NC(=O)c2ccnc3ccccc23)c1C. The number of fused-ring (bicyclic) bond motifs is 1. The summed E-state index contributed by atoms with van der Waals surface area (Å²) in [6, 6.07) is 15.3. The number of rotatable bonds is 2. The highest BCUT2D eigenvalue weighted by Crippen LogP contribution is 2.21. The number of carbonyl (C=O) groups excluding carboxylic acids is 1. The van der Waals surface area contributed by atoms with E-state index in [9.17, 15) is 4.79 Å². The molecular weight excluding hydrogens is 260 g/mol. The van der Waals surface area contributed by atoms with Crippen molar-refractivity contribution in [3.63, 3.8) is 0 Å². The fraction of sp³-hybridized carbons (Fsp3) is 0.111. The number of hydrogen-bond donors (Lipinski definition) is 1. The van der Waals surface area contributed by atoms with Crippen molar-refractivity contribution in [3.05, 3.63) is 71.4 Å². The van der Waals surface area contributed by atoms with Crippen LogP contribution in [0, 0.1) is 13.8 Å². The molecule has 2 aromatic carbocycles. The summed E-state index contributed by atoms with van der Waals surface area (Å²) < 4.78 is 0. The Morgan fingerprint density at radius 2 is 1.81 bits per heavy atom. The minimum Gasteiger partial charge on any atom is -0.322 e. The van der Waals surface area contributed by atoms with Gasteiger partial charge in [0.15, 0.2) is 0 Å². The molecular formula is C18H16N2O. The highest BCUT2D eigenvalue weighted by molar-refractivity contribution is 6.12. The summed E-state index contributed by atoms with van der Waals surface area (Å²) in [6.07, 6.45) is 1.67. The molecule has 1 N–H and O–H groups in total. The Kier molecular flexibility index (Phi) is 3.40. The molecule has 0 spiro atoms. The number of carbonyl (C=O) groups is 1. The normalized spacial score (nSPS) is 10.6. The van der Waals surface area contributed by atoms with Crippen molar-refractivity contribution in [3.8, 4) is 0 Å². The lowest BCUT2D eigenvalue weighted by molar-refractivity contribution is 0.102. The number of nitrogens with zero attached hydrogens (tertiary/aromatic N) is 1. The lowest BCUT2D eigenvalue weighted by Crippen LogP contribution is -2.13. The van der Waals surface area contributed by atoms with Crippen molar-refractivity contribution in [1.82, 2.24) is 4.98 Å². The fourth-order valence-electron chi connectivity index (χ4n) is 2.37. The monoisotopic (exact) mass is 276 g/mol. The van der Waals surface area contributed by atoms with Crippen LogP contribution in [0.1, 0.15) is 21.5 Å². The Morgan fingerprint density at radius 1 is 1.00 bits per heavy atom. The first-order valence-corrected chi connectivity index (χ1v) is 6.88. The van der Waals surface area contributed by atoms with E-state index in [2.05, 4.69) is 10.3 Å². The lowest BCUT2D eigenvalue weighted by atomic mass is 10.1. The summed E-state index contributed by atoms with van der Waals surface area (Å²) >= 11 is 0. The average Bonchev–Trinajstić information content (AvgIpc) is 2.51. The van der Waals surface area contributed by atoms with Crippen LogP contribution in [-0.2, 0) is 0 Å². The van der Waals surface area contributed by atoms with Crippen molar-refractivity contribution >= 4 is 22.5 Å². The third-order valence-electron chi connectivity index (χ3n) is 3.75. The van der Waals surface area contributed by atoms with Gasteiger partial charge >= 0.3 is 0 Å². The number of aromatic nitrogens is 1. The number of nitrogens with one attached hydrogen (secondary N) is 1. The fourth-order valence-corrected chi connectivity index (χ4v) is 2.37. The van der Waals surface area contributed by atoms with E-state index in [1.807, 2.05) is 56.3 Å². The van der Waals surface area contributed by atoms with Crippen molar-refractivity contribution in [2.24, 2.45) is 0 Å². The molecule has 0 saturated carbocycles. The van der Waals surface area contributed by atoms with Gasteiger partial charge in [-0.3, -0.25) is 9.78 Å². The smallest absolute Gasteiger partial charge is 0.256 e. The van der Waals surface area contributed by atoms with Crippen molar-refractivity contribution in [2.75, 3.05) is 5.32 Å². The van der Waals surface area contributed by atoms with Crippen LogP contribution in [0.25, 0.3) is 10.9 Å². The molecule has 0 atom stereocenters. The quantitative estimate of drug-likeness (QED) is 0.765. The highest BCUT2D eigenvalue weighted by atomic mass is 16.1. The second-order valence-electron chi connectivity index (χ2n) is 5.08. The van der Waals surface area contributed by atoms with Crippen LogP contribution in [0.15, 0.2) is 54.7 Å². The predicted octanol–water partition coefficient (Wildman–Crippen LogP) is 4.10. The molecule has 3 rings (SSSR count). The van der Waals surface area contributed by atoms with Gasteiger partial charge in [-0.15, -0.1) is 0 Å². The number of para-hydroxylation sites is 1. The Hall–Kier alpha value is -2.68. The molecule has 0 radical (unpaired) electrons. The number of pyridine rings is 1. The van der Waals surface area contributed by atoms with Gasteiger partial charge in [-0.2, -0.15) is 0 Å². The van der Waals surface area contributed by atoms with E-state index in [0.717, 1.165) is 27.7 Å². The maximum Gasteiger partial charge on any atom is 0.256 e. The van der Waals surface area contributed by atoms with Gasteiger partial charge in [-0.1, -0.05) is 30.3 Å². The molecule has 0 fully saturated rings. The van der Waals surface area contributed by atoms with E-state index in [1.54, 1.807) is 12.3 Å². The number of hydrogen-bond acceptors (Lipinski definition) is 2. The van der Waals surface area contributed by atoms with Crippen LogP contribution in [0.5, 0.6) is 0 Å². The first-order chi connectivity index (χ1) is 10.2. The third kappa shape index (κ3) is 2.50. The molecule has 0 aliphatic carbocycles. The highest BCUT2D eigenvalue weighted by Gasteiger charge is 2.11. The van der Waals surface area contributed by atoms with E-state index < -0.39 is 0 Å². The standard InChI is InChI=1S/C18H16N2O/c1-12-6-5-9-16(13(12)2)20-18(21)15-10-11-19-17-8-4-3-7-14(15)17/h3-11H,1-2H3,(H,20,21). The number of aryl methyl sites for hydroxylation is 1. The van der Waals surface area contributed by atoms with Gasteiger partial charge < -0.3 is 5.32 Å². The zero-order chi connectivity index (χ0) is 14.8. The average molecular weight is 276 g/mol. The summed E-state index contributed by atoms with van der Waals surface area (Å²) in [5.41, 5.74) is 4.56. The summed E-state index contributed by atoms with van der Waals surface area (Å²) in [6.45, 7) is 4.04. The largest absolute Gasteiger partial charge is 0.322 e. The molecule has 3 heteroatoms. The number of benzene rings is 2. The first-order valence-electron chi connectivity index (χ1n) is 6.88.